The Hall–Kier alpha value is -1.72. The van der Waals surface area contributed by atoms with Gasteiger partial charge in [0.05, 0.1) is 23.3 Å². The topological polar surface area (TPSA) is 53.1 Å². The number of aromatic nitrogens is 2. The van der Waals surface area contributed by atoms with Crippen LogP contribution in [-0.4, -0.2) is 16.7 Å². The van der Waals surface area contributed by atoms with Crippen LogP contribution in [0.15, 0.2) is 40.9 Å². The number of benzene rings is 2. The van der Waals surface area contributed by atoms with Crippen molar-refractivity contribution in [2.24, 2.45) is 0 Å². The van der Waals surface area contributed by atoms with Crippen LogP contribution < -0.4 is 10.5 Å². The van der Waals surface area contributed by atoms with Gasteiger partial charge in [0.1, 0.15) is 11.3 Å². The summed E-state index contributed by atoms with van der Waals surface area (Å²) < 4.78 is 8.04. The lowest BCUT2D eigenvalue weighted by molar-refractivity contribution is 0.419. The van der Waals surface area contributed by atoms with E-state index in [0.717, 1.165) is 15.7 Å². The van der Waals surface area contributed by atoms with Crippen molar-refractivity contribution >= 4 is 44.5 Å². The molecule has 0 saturated carbocycles. The second-order valence-electron chi connectivity index (χ2n) is 4.23. The number of methoxy groups -OCH3 is 1. The molecular formula is C14H11BrClN3O. The fourth-order valence-corrected chi connectivity index (χ4v) is 2.72. The van der Waals surface area contributed by atoms with E-state index in [4.69, 9.17) is 22.1 Å². The molecule has 2 aromatic carbocycles. The van der Waals surface area contributed by atoms with Crippen molar-refractivity contribution in [2.45, 2.75) is 0 Å². The maximum Gasteiger partial charge on any atom is 0.206 e. The molecule has 20 heavy (non-hydrogen) atoms. The lowest BCUT2D eigenvalue weighted by Crippen LogP contribution is -2.01. The Bertz CT molecular complexity index is 800. The molecule has 0 fully saturated rings. The number of hydrogen-bond donors (Lipinski definition) is 1. The summed E-state index contributed by atoms with van der Waals surface area (Å²) in [5.41, 5.74) is 8.38. The highest BCUT2D eigenvalue weighted by Crippen LogP contribution is 2.33. The van der Waals surface area contributed by atoms with E-state index in [1.165, 1.54) is 0 Å². The van der Waals surface area contributed by atoms with Gasteiger partial charge in [0.15, 0.2) is 0 Å². The van der Waals surface area contributed by atoms with Crippen LogP contribution in [0.5, 0.6) is 5.75 Å². The zero-order valence-electron chi connectivity index (χ0n) is 10.6. The Balaban J connectivity index is 2.37. The molecule has 0 atom stereocenters. The predicted octanol–water partition coefficient (Wildman–Crippen LogP) is 4.03. The summed E-state index contributed by atoms with van der Waals surface area (Å²) in [6, 6.07) is 11.3. The Labute approximate surface area is 129 Å². The first-order valence-corrected chi connectivity index (χ1v) is 7.05. The van der Waals surface area contributed by atoms with Crippen molar-refractivity contribution in [3.8, 4) is 11.4 Å². The minimum Gasteiger partial charge on any atom is -0.494 e. The molecule has 1 aromatic heterocycles. The number of imidazole rings is 1. The van der Waals surface area contributed by atoms with Crippen molar-refractivity contribution < 1.29 is 4.74 Å². The van der Waals surface area contributed by atoms with Crippen molar-refractivity contribution in [3.05, 3.63) is 45.9 Å². The van der Waals surface area contributed by atoms with Gasteiger partial charge in [0.2, 0.25) is 5.95 Å². The molecule has 0 bridgehead atoms. The highest BCUT2D eigenvalue weighted by Gasteiger charge is 2.15. The van der Waals surface area contributed by atoms with Gasteiger partial charge in [-0.15, -0.1) is 0 Å². The summed E-state index contributed by atoms with van der Waals surface area (Å²) in [5.74, 6) is 1.04. The highest BCUT2D eigenvalue weighted by molar-refractivity contribution is 9.10. The van der Waals surface area contributed by atoms with Crippen LogP contribution in [-0.2, 0) is 0 Å². The molecule has 0 aliphatic carbocycles. The molecule has 2 N–H and O–H groups in total. The Morgan fingerprint density at radius 2 is 2.10 bits per heavy atom. The number of nitrogens with two attached hydrogens (primary N) is 1. The molecule has 0 spiro atoms. The molecule has 3 rings (SSSR count). The maximum atomic E-state index is 6.28. The highest BCUT2D eigenvalue weighted by atomic mass is 79.9. The molecule has 0 unspecified atom stereocenters. The van der Waals surface area contributed by atoms with Gasteiger partial charge in [0.25, 0.3) is 0 Å². The van der Waals surface area contributed by atoms with Gasteiger partial charge < -0.3 is 10.5 Å². The van der Waals surface area contributed by atoms with E-state index in [1.807, 2.05) is 41.0 Å². The summed E-state index contributed by atoms with van der Waals surface area (Å²) in [6.07, 6.45) is 0. The molecular weight excluding hydrogens is 342 g/mol. The van der Waals surface area contributed by atoms with E-state index in [-0.39, 0.29) is 0 Å². The quantitative estimate of drug-likeness (QED) is 0.757. The first-order valence-electron chi connectivity index (χ1n) is 5.88. The van der Waals surface area contributed by atoms with Crippen molar-refractivity contribution in [3.63, 3.8) is 0 Å². The van der Waals surface area contributed by atoms with E-state index in [9.17, 15) is 0 Å². The number of rotatable bonds is 2. The van der Waals surface area contributed by atoms with E-state index in [0.29, 0.717) is 22.2 Å². The van der Waals surface area contributed by atoms with E-state index in [2.05, 4.69) is 20.9 Å². The number of hydrogen-bond acceptors (Lipinski definition) is 3. The average Bonchev–Trinajstić information content (AvgIpc) is 2.77. The molecule has 6 heteroatoms. The SMILES string of the molecule is COc1cccc2c1nc(N)n2-c1cc(Br)ccc1Cl. The first kappa shape index (κ1) is 13.3. The van der Waals surface area contributed by atoms with Gasteiger partial charge in [-0.2, -0.15) is 0 Å². The number of para-hydroxylation sites is 1. The minimum absolute atomic E-state index is 0.365. The van der Waals surface area contributed by atoms with E-state index in [1.54, 1.807) is 7.11 Å². The van der Waals surface area contributed by atoms with Gasteiger partial charge in [-0.05, 0) is 30.3 Å². The standard InChI is InChI=1S/C14H11BrClN3O/c1-20-12-4-2-3-10-13(12)18-14(17)19(10)11-7-8(15)5-6-9(11)16/h2-7H,1H3,(H2,17,18). The third-order valence-corrected chi connectivity index (χ3v) is 3.86. The number of ether oxygens (including phenoxy) is 1. The molecule has 102 valence electrons. The largest absolute Gasteiger partial charge is 0.494 e. The van der Waals surface area contributed by atoms with E-state index < -0.39 is 0 Å². The zero-order chi connectivity index (χ0) is 14.3. The lowest BCUT2D eigenvalue weighted by atomic mass is 10.2. The second kappa shape index (κ2) is 5.00. The van der Waals surface area contributed by atoms with Crippen LogP contribution in [0.1, 0.15) is 0 Å². The van der Waals surface area contributed by atoms with Gasteiger partial charge in [-0.3, -0.25) is 4.57 Å². The van der Waals surface area contributed by atoms with Gasteiger partial charge in [-0.1, -0.05) is 33.6 Å². The third kappa shape index (κ3) is 2.03. The predicted molar refractivity (Wildman–Crippen MR) is 84.7 cm³/mol. The molecule has 0 aliphatic rings. The first-order chi connectivity index (χ1) is 9.61. The second-order valence-corrected chi connectivity index (χ2v) is 5.55. The number of nitrogen functional groups attached to an aromatic ring is 1. The molecule has 3 aromatic rings. The molecule has 0 saturated heterocycles. The average molecular weight is 353 g/mol. The van der Waals surface area contributed by atoms with Crippen LogP contribution in [0.3, 0.4) is 0 Å². The number of halogens is 2. The molecule has 1 heterocycles. The van der Waals surface area contributed by atoms with Crippen molar-refractivity contribution in [2.75, 3.05) is 12.8 Å². The van der Waals surface area contributed by atoms with Gasteiger partial charge in [0, 0.05) is 4.47 Å². The fourth-order valence-electron chi connectivity index (χ4n) is 2.17. The summed E-state index contributed by atoms with van der Waals surface area (Å²) in [5, 5.41) is 0.599. The summed E-state index contributed by atoms with van der Waals surface area (Å²) in [6.45, 7) is 0. The van der Waals surface area contributed by atoms with E-state index >= 15 is 0 Å². The number of fused-ring (bicyclic) bond motifs is 1. The third-order valence-electron chi connectivity index (χ3n) is 3.04. The summed E-state index contributed by atoms with van der Waals surface area (Å²) >= 11 is 9.72. The Morgan fingerprint density at radius 3 is 2.85 bits per heavy atom. The zero-order valence-corrected chi connectivity index (χ0v) is 12.9. The lowest BCUT2D eigenvalue weighted by Gasteiger charge is -2.09. The summed E-state index contributed by atoms with van der Waals surface area (Å²) in [4.78, 5) is 4.37. The smallest absolute Gasteiger partial charge is 0.206 e. The number of anilines is 1. The molecule has 0 amide bonds. The minimum atomic E-state index is 0.365. The molecule has 4 nitrogen and oxygen atoms in total. The molecule has 0 radical (unpaired) electrons. The Morgan fingerprint density at radius 1 is 1.30 bits per heavy atom. The van der Waals surface area contributed by atoms with Crippen molar-refractivity contribution in [1.82, 2.24) is 9.55 Å². The van der Waals surface area contributed by atoms with Crippen LogP contribution >= 0.6 is 27.5 Å². The Kier molecular flexibility index (Phi) is 3.31. The van der Waals surface area contributed by atoms with Crippen LogP contribution in [0.25, 0.3) is 16.7 Å². The maximum absolute atomic E-state index is 6.28. The van der Waals surface area contributed by atoms with Crippen LogP contribution in [0.2, 0.25) is 5.02 Å². The van der Waals surface area contributed by atoms with Crippen LogP contribution in [0, 0.1) is 0 Å². The fraction of sp³-hybridized carbons (Fsp3) is 0.0714. The number of nitrogens with zero attached hydrogens (tertiary/aromatic N) is 2. The van der Waals surface area contributed by atoms with Gasteiger partial charge >= 0.3 is 0 Å². The van der Waals surface area contributed by atoms with Crippen molar-refractivity contribution in [1.29, 1.82) is 0 Å². The monoisotopic (exact) mass is 351 g/mol. The normalized spacial score (nSPS) is 10.9. The van der Waals surface area contributed by atoms with Crippen LogP contribution in [0.4, 0.5) is 5.95 Å². The van der Waals surface area contributed by atoms with Gasteiger partial charge in [-0.25, -0.2) is 4.98 Å². The molecule has 0 aliphatic heterocycles. The summed E-state index contributed by atoms with van der Waals surface area (Å²) in [7, 11) is 1.61.